The van der Waals surface area contributed by atoms with E-state index in [2.05, 4.69) is 33.7 Å². The van der Waals surface area contributed by atoms with Gasteiger partial charge in [-0.1, -0.05) is 53.4 Å². The number of anilines is 1. The van der Waals surface area contributed by atoms with Gasteiger partial charge < -0.3 is 5.32 Å². The highest BCUT2D eigenvalue weighted by Crippen LogP contribution is 2.34. The summed E-state index contributed by atoms with van der Waals surface area (Å²) in [4.78, 5) is 13.5. The van der Waals surface area contributed by atoms with Gasteiger partial charge in [0.15, 0.2) is 4.34 Å². The molecule has 6 heteroatoms. The molecule has 2 aromatic carbocycles. The zero-order valence-electron chi connectivity index (χ0n) is 14.3. The van der Waals surface area contributed by atoms with Crippen molar-refractivity contribution in [3.05, 3.63) is 64.7 Å². The summed E-state index contributed by atoms with van der Waals surface area (Å²) in [7, 11) is 0. The van der Waals surface area contributed by atoms with Crippen LogP contribution in [0.5, 0.6) is 0 Å². The Hall–Kier alpha value is -2.18. The highest BCUT2D eigenvalue weighted by molar-refractivity contribution is 8.01. The van der Waals surface area contributed by atoms with Crippen LogP contribution in [0.2, 0.25) is 0 Å². The Bertz CT molecular complexity index is 909. The molecule has 26 heavy (non-hydrogen) atoms. The van der Waals surface area contributed by atoms with Crippen molar-refractivity contribution >= 4 is 34.7 Å². The first-order valence-electron chi connectivity index (χ1n) is 8.71. The summed E-state index contributed by atoms with van der Waals surface area (Å²) in [6, 6.07) is 14.3. The lowest BCUT2D eigenvalue weighted by Crippen LogP contribution is -2.15. The van der Waals surface area contributed by atoms with Crippen molar-refractivity contribution in [3.8, 4) is 0 Å². The lowest BCUT2D eigenvalue weighted by molar-refractivity contribution is -0.115. The van der Waals surface area contributed by atoms with Gasteiger partial charge in [0.25, 0.3) is 0 Å². The summed E-state index contributed by atoms with van der Waals surface area (Å²) in [6.45, 7) is 0. The van der Waals surface area contributed by atoms with E-state index in [4.69, 9.17) is 0 Å². The molecule has 0 spiro atoms. The second-order valence-corrected chi connectivity index (χ2v) is 8.46. The fourth-order valence-electron chi connectivity index (χ4n) is 3.24. The summed E-state index contributed by atoms with van der Waals surface area (Å²) in [6.07, 6.45) is 5.21. The standard InChI is InChI=1S/C20H19N3OS2/c24-19(12-14-9-10-15-5-1-2-6-16(15)11-14)22-17-7-3-4-8-18(17)26-20-23-21-13-25-20/h3-4,7-11,13H,1-2,5-6,12H2,(H,22,24). The molecule has 0 bridgehead atoms. The van der Waals surface area contributed by atoms with Crippen LogP contribution in [-0.2, 0) is 24.1 Å². The maximum atomic E-state index is 12.6. The zero-order valence-corrected chi connectivity index (χ0v) is 15.9. The van der Waals surface area contributed by atoms with Crippen molar-refractivity contribution in [2.24, 2.45) is 0 Å². The molecule has 4 rings (SSSR count). The highest BCUT2D eigenvalue weighted by atomic mass is 32.2. The third-order valence-electron chi connectivity index (χ3n) is 4.48. The second kappa shape index (κ2) is 8.01. The Kier molecular flexibility index (Phi) is 5.32. The summed E-state index contributed by atoms with van der Waals surface area (Å²) < 4.78 is 0.862. The molecule has 0 fully saturated rings. The number of aryl methyl sites for hydroxylation is 2. The number of nitrogens with zero attached hydrogens (tertiary/aromatic N) is 2. The first kappa shape index (κ1) is 17.2. The Morgan fingerprint density at radius 3 is 2.81 bits per heavy atom. The molecule has 132 valence electrons. The third-order valence-corrected chi connectivity index (χ3v) is 6.33. The smallest absolute Gasteiger partial charge is 0.228 e. The summed E-state index contributed by atoms with van der Waals surface area (Å²) in [5, 5.41) is 11.0. The van der Waals surface area contributed by atoms with Gasteiger partial charge in [0.1, 0.15) is 5.51 Å². The van der Waals surface area contributed by atoms with Crippen LogP contribution in [0.25, 0.3) is 0 Å². The van der Waals surface area contributed by atoms with Crippen molar-refractivity contribution in [2.45, 2.75) is 41.3 Å². The van der Waals surface area contributed by atoms with Crippen LogP contribution in [0.1, 0.15) is 29.5 Å². The molecular formula is C20H19N3OS2. The number of carbonyl (C=O) groups is 1. The van der Waals surface area contributed by atoms with Gasteiger partial charge in [-0.05, 0) is 54.5 Å². The van der Waals surface area contributed by atoms with Crippen molar-refractivity contribution < 1.29 is 4.79 Å². The average molecular weight is 382 g/mol. The number of hydrogen-bond donors (Lipinski definition) is 1. The molecule has 1 amide bonds. The fourth-order valence-corrected chi connectivity index (χ4v) is 4.76. The number of nitrogens with one attached hydrogen (secondary N) is 1. The van der Waals surface area contributed by atoms with E-state index >= 15 is 0 Å². The Morgan fingerprint density at radius 2 is 1.96 bits per heavy atom. The first-order chi connectivity index (χ1) is 12.8. The number of hydrogen-bond acceptors (Lipinski definition) is 5. The van der Waals surface area contributed by atoms with E-state index in [0.717, 1.165) is 33.3 Å². The van der Waals surface area contributed by atoms with Crippen LogP contribution in [0, 0.1) is 0 Å². The van der Waals surface area contributed by atoms with Crippen LogP contribution in [0.3, 0.4) is 0 Å². The molecule has 1 aliphatic carbocycles. The predicted molar refractivity (Wildman–Crippen MR) is 106 cm³/mol. The van der Waals surface area contributed by atoms with Gasteiger partial charge in [0.05, 0.1) is 12.1 Å². The van der Waals surface area contributed by atoms with Crippen molar-refractivity contribution in [1.82, 2.24) is 10.2 Å². The quantitative estimate of drug-likeness (QED) is 0.693. The molecule has 0 saturated heterocycles. The van der Waals surface area contributed by atoms with Gasteiger partial charge in [-0.25, -0.2) is 0 Å². The van der Waals surface area contributed by atoms with Gasteiger partial charge in [0.2, 0.25) is 5.91 Å². The lowest BCUT2D eigenvalue weighted by Gasteiger charge is -2.16. The topological polar surface area (TPSA) is 54.9 Å². The molecule has 1 N–H and O–H groups in total. The monoisotopic (exact) mass is 381 g/mol. The van der Waals surface area contributed by atoms with Crippen molar-refractivity contribution in [3.63, 3.8) is 0 Å². The second-order valence-electron chi connectivity index (χ2n) is 6.34. The molecule has 0 aliphatic heterocycles. The minimum Gasteiger partial charge on any atom is -0.325 e. The summed E-state index contributed by atoms with van der Waals surface area (Å²) in [5.41, 5.74) is 6.46. The number of para-hydroxylation sites is 1. The number of carbonyl (C=O) groups excluding carboxylic acids is 1. The molecule has 0 radical (unpaired) electrons. The molecule has 0 saturated carbocycles. The molecule has 4 nitrogen and oxygen atoms in total. The highest BCUT2D eigenvalue weighted by Gasteiger charge is 2.13. The van der Waals surface area contributed by atoms with Gasteiger partial charge >= 0.3 is 0 Å². The van der Waals surface area contributed by atoms with Crippen LogP contribution in [0.4, 0.5) is 5.69 Å². The lowest BCUT2D eigenvalue weighted by atomic mass is 9.90. The molecule has 1 aliphatic rings. The molecule has 1 heterocycles. The average Bonchev–Trinajstić information content (AvgIpc) is 3.16. The number of rotatable bonds is 5. The summed E-state index contributed by atoms with van der Waals surface area (Å²) in [5.74, 6) is 0.00562. The van der Waals surface area contributed by atoms with E-state index < -0.39 is 0 Å². The Labute approximate surface area is 161 Å². The maximum absolute atomic E-state index is 12.6. The molecular weight excluding hydrogens is 362 g/mol. The van der Waals surface area contributed by atoms with Crippen LogP contribution >= 0.6 is 23.1 Å². The minimum absolute atomic E-state index is 0.00562. The predicted octanol–water partition coefficient (Wildman–Crippen LogP) is 4.75. The van der Waals surface area contributed by atoms with E-state index in [1.54, 1.807) is 5.51 Å². The van der Waals surface area contributed by atoms with E-state index in [1.165, 1.54) is 47.1 Å². The molecule has 1 aromatic heterocycles. The molecule has 0 unspecified atom stereocenters. The first-order valence-corrected chi connectivity index (χ1v) is 10.4. The van der Waals surface area contributed by atoms with E-state index in [1.807, 2.05) is 24.3 Å². The molecule has 3 aromatic rings. The zero-order chi connectivity index (χ0) is 17.8. The Balaban J connectivity index is 1.45. The van der Waals surface area contributed by atoms with Crippen molar-refractivity contribution in [2.75, 3.05) is 5.32 Å². The number of fused-ring (bicyclic) bond motifs is 1. The Morgan fingerprint density at radius 1 is 1.12 bits per heavy atom. The normalized spacial score (nSPS) is 13.2. The fraction of sp³-hybridized carbons (Fsp3) is 0.250. The van der Waals surface area contributed by atoms with Gasteiger partial charge in [-0.15, -0.1) is 10.2 Å². The van der Waals surface area contributed by atoms with Gasteiger partial charge in [-0.3, -0.25) is 4.79 Å². The van der Waals surface area contributed by atoms with Gasteiger partial charge in [0, 0.05) is 4.90 Å². The molecule has 0 atom stereocenters. The van der Waals surface area contributed by atoms with Crippen LogP contribution in [0.15, 0.2) is 57.2 Å². The van der Waals surface area contributed by atoms with E-state index in [9.17, 15) is 4.79 Å². The number of amides is 1. The van der Waals surface area contributed by atoms with Crippen LogP contribution in [-0.4, -0.2) is 16.1 Å². The SMILES string of the molecule is O=C(Cc1ccc2c(c1)CCCC2)Nc1ccccc1Sc1nncs1. The summed E-state index contributed by atoms with van der Waals surface area (Å²) >= 11 is 3.01. The minimum atomic E-state index is 0.00562. The van der Waals surface area contributed by atoms with E-state index in [0.29, 0.717) is 6.42 Å². The number of aromatic nitrogens is 2. The largest absolute Gasteiger partial charge is 0.325 e. The van der Waals surface area contributed by atoms with Gasteiger partial charge in [-0.2, -0.15) is 0 Å². The maximum Gasteiger partial charge on any atom is 0.228 e. The number of benzene rings is 2. The van der Waals surface area contributed by atoms with Crippen molar-refractivity contribution in [1.29, 1.82) is 0 Å². The third kappa shape index (κ3) is 4.14. The van der Waals surface area contributed by atoms with Crippen LogP contribution < -0.4 is 5.32 Å². The van der Waals surface area contributed by atoms with E-state index in [-0.39, 0.29) is 5.91 Å².